The van der Waals surface area contributed by atoms with E-state index in [0.717, 1.165) is 33.5 Å². The molecule has 2 aliphatic rings. The lowest BCUT2D eigenvalue weighted by Gasteiger charge is -2.46. The van der Waals surface area contributed by atoms with Crippen LogP contribution >= 0.6 is 0 Å². The summed E-state index contributed by atoms with van der Waals surface area (Å²) in [7, 11) is 0. The van der Waals surface area contributed by atoms with Gasteiger partial charge < -0.3 is 14.4 Å². The van der Waals surface area contributed by atoms with Gasteiger partial charge >= 0.3 is 0 Å². The largest absolute Gasteiger partial charge is 0.311 e. The molecule has 13 rings (SSSR count). The Labute approximate surface area is 517 Å². The van der Waals surface area contributed by atoms with Crippen molar-refractivity contribution in [1.29, 1.82) is 0 Å². The number of aryl methyl sites for hydroxylation is 7. The Kier molecular flexibility index (Phi) is 13.8. The van der Waals surface area contributed by atoms with Crippen molar-refractivity contribution in [2.24, 2.45) is 0 Å². The van der Waals surface area contributed by atoms with Gasteiger partial charge in [0.2, 0.25) is 0 Å². The molecule has 0 bridgehead atoms. The molecule has 4 heteroatoms. The van der Waals surface area contributed by atoms with Crippen LogP contribution in [0.4, 0.5) is 34.1 Å². The second kappa shape index (κ2) is 21.1. The van der Waals surface area contributed by atoms with Crippen LogP contribution in [0.3, 0.4) is 0 Å². The summed E-state index contributed by atoms with van der Waals surface area (Å²) in [4.78, 5) is 5.31. The van der Waals surface area contributed by atoms with E-state index in [1.807, 2.05) is 6.08 Å². The maximum atomic E-state index is 4.68. The van der Waals surface area contributed by atoms with Crippen LogP contribution in [0.25, 0.3) is 60.9 Å². The van der Waals surface area contributed by atoms with Crippen LogP contribution in [0.5, 0.6) is 0 Å². The zero-order valence-electron chi connectivity index (χ0n) is 53.7. The number of para-hydroxylation sites is 1. The topological polar surface area (TPSA) is 11.4 Å². The van der Waals surface area contributed by atoms with E-state index < -0.39 is 0 Å². The monoisotopic (exact) mass is 1130 g/mol. The predicted molar refractivity (Wildman–Crippen MR) is 379 cm³/mol. The minimum Gasteiger partial charge on any atom is -0.311 e. The standard InChI is InChI=1S/C83H80BN3/c1-18-64(56(9)57(10)65-31-24-22-27-50(65)3)59-41-52(5)81(53(6)42-59)87-76-48-74-70(69-45-61(82(12,13)14)36-38-73(69)85(74)63-29-20-19-21-30-63)47-72(76)84-71-37-35-62(83(15,16)17)46-75(71)86(77-39-49(2)40-78(87)79(77)84)80-54(7)43-60(44-55(80)8)67-33-26-34-68(58(67)11)66-32-25-23-28-51(66)4/h18-48H,1,10H2,2-9,11-17H3/b64-56+. The van der Waals surface area contributed by atoms with Gasteiger partial charge in [-0.2, -0.15) is 0 Å². The zero-order valence-corrected chi connectivity index (χ0v) is 53.7. The van der Waals surface area contributed by atoms with Gasteiger partial charge in [-0.1, -0.05) is 170 Å². The molecule has 0 N–H and O–H groups in total. The molecule has 0 aliphatic carbocycles. The second-order valence-electron chi connectivity index (χ2n) is 27.2. The molecule has 87 heavy (non-hydrogen) atoms. The first-order chi connectivity index (χ1) is 41.5. The summed E-state index contributed by atoms with van der Waals surface area (Å²) in [5.41, 5.74) is 37.6. The molecule has 0 saturated heterocycles. The van der Waals surface area contributed by atoms with Crippen LogP contribution in [0.1, 0.15) is 115 Å². The van der Waals surface area contributed by atoms with Crippen LogP contribution in [0.15, 0.2) is 207 Å². The van der Waals surface area contributed by atoms with Crippen molar-refractivity contribution < 1.29 is 0 Å². The van der Waals surface area contributed by atoms with Crippen molar-refractivity contribution in [3.05, 3.63) is 274 Å². The van der Waals surface area contributed by atoms with Gasteiger partial charge in [0, 0.05) is 39.2 Å². The van der Waals surface area contributed by atoms with E-state index in [-0.39, 0.29) is 17.5 Å². The number of benzene rings is 10. The lowest BCUT2D eigenvalue weighted by atomic mass is 9.33. The maximum Gasteiger partial charge on any atom is 0.252 e. The van der Waals surface area contributed by atoms with Gasteiger partial charge in [-0.05, 0) is 268 Å². The highest BCUT2D eigenvalue weighted by atomic mass is 15.2. The minimum atomic E-state index is -0.0993. The molecule has 0 amide bonds. The zero-order chi connectivity index (χ0) is 61.3. The average molecular weight is 1130 g/mol. The summed E-state index contributed by atoms with van der Waals surface area (Å²) < 4.78 is 2.50. The van der Waals surface area contributed by atoms with Crippen molar-refractivity contribution in [2.45, 2.75) is 115 Å². The van der Waals surface area contributed by atoms with Gasteiger partial charge in [-0.25, -0.2) is 0 Å². The van der Waals surface area contributed by atoms with Gasteiger partial charge in [0.25, 0.3) is 6.71 Å². The van der Waals surface area contributed by atoms with E-state index in [0.29, 0.717) is 0 Å². The SMILES string of the molecule is C=C/C(=C(/C)C(=C)c1ccccc1C)c1cc(C)c(N2c3cc4c(cc3B3c5ccc(C(C)(C)C)cc5N(c5c(C)cc(-c6cccc(-c7ccccc7C)c6C)cc5C)c5cc(C)cc2c53)c2cc(C(C)(C)C)ccc2n4-c2ccccc2)c(C)c1. The first kappa shape index (κ1) is 57.0. The molecule has 0 fully saturated rings. The number of hydrogen-bond donors (Lipinski definition) is 0. The highest BCUT2D eigenvalue weighted by molar-refractivity contribution is 7.00. The molecule has 10 aromatic carbocycles. The number of anilines is 6. The number of aromatic nitrogens is 1. The van der Waals surface area contributed by atoms with Crippen LogP contribution in [0.2, 0.25) is 0 Å². The van der Waals surface area contributed by atoms with Crippen molar-refractivity contribution >= 4 is 90.2 Å². The average Bonchev–Trinajstić information content (AvgIpc) is 1.54. The molecule has 0 unspecified atom stereocenters. The smallest absolute Gasteiger partial charge is 0.252 e. The van der Waals surface area contributed by atoms with Gasteiger partial charge in [-0.3, -0.25) is 0 Å². The highest BCUT2D eigenvalue weighted by Crippen LogP contribution is 2.51. The van der Waals surface area contributed by atoms with Crippen molar-refractivity contribution in [3.8, 4) is 27.9 Å². The number of hydrogen-bond acceptors (Lipinski definition) is 2. The van der Waals surface area contributed by atoms with Crippen molar-refractivity contribution in [1.82, 2.24) is 4.57 Å². The Bertz CT molecular complexity index is 4690. The van der Waals surface area contributed by atoms with E-state index in [1.54, 1.807) is 0 Å². The second-order valence-corrected chi connectivity index (χ2v) is 27.2. The Balaban J connectivity index is 1.10. The summed E-state index contributed by atoms with van der Waals surface area (Å²) in [5.74, 6) is 0. The summed E-state index contributed by atoms with van der Waals surface area (Å²) in [6.45, 7) is 43.5. The Hall–Kier alpha value is -9.12. The summed E-state index contributed by atoms with van der Waals surface area (Å²) >= 11 is 0. The van der Waals surface area contributed by atoms with E-state index in [9.17, 15) is 0 Å². The summed E-state index contributed by atoms with van der Waals surface area (Å²) in [5, 5.41) is 2.52. The molecule has 2 aliphatic heterocycles. The molecule has 11 aromatic rings. The molecule has 3 nitrogen and oxygen atoms in total. The van der Waals surface area contributed by atoms with Crippen molar-refractivity contribution in [2.75, 3.05) is 9.80 Å². The molecule has 0 spiro atoms. The number of fused-ring (bicyclic) bond motifs is 7. The quantitative estimate of drug-likeness (QED) is 0.105. The van der Waals surface area contributed by atoms with Gasteiger partial charge in [0.15, 0.2) is 0 Å². The third kappa shape index (κ3) is 9.34. The number of rotatable bonds is 9. The van der Waals surface area contributed by atoms with Crippen LogP contribution in [0, 0.1) is 55.4 Å². The van der Waals surface area contributed by atoms with E-state index in [4.69, 9.17) is 0 Å². The molecular weight excluding hydrogens is 1050 g/mol. The lowest BCUT2D eigenvalue weighted by Crippen LogP contribution is -2.61. The predicted octanol–water partition coefficient (Wildman–Crippen LogP) is 20.9. The highest BCUT2D eigenvalue weighted by Gasteiger charge is 2.45. The minimum absolute atomic E-state index is 0.0463. The van der Waals surface area contributed by atoms with E-state index in [1.165, 1.54) is 150 Å². The molecule has 1 aromatic heterocycles. The van der Waals surface area contributed by atoms with Crippen LogP contribution < -0.4 is 26.2 Å². The molecule has 3 heterocycles. The van der Waals surface area contributed by atoms with E-state index >= 15 is 0 Å². The van der Waals surface area contributed by atoms with E-state index in [2.05, 4.69) is 313 Å². The van der Waals surface area contributed by atoms with Crippen molar-refractivity contribution in [3.63, 3.8) is 0 Å². The molecule has 0 atom stereocenters. The van der Waals surface area contributed by atoms with Crippen LogP contribution in [-0.2, 0) is 10.8 Å². The molecule has 0 saturated carbocycles. The number of allylic oxidation sites excluding steroid dienone is 4. The van der Waals surface area contributed by atoms with Crippen LogP contribution in [-0.4, -0.2) is 11.3 Å². The molecule has 430 valence electrons. The third-order valence-electron chi connectivity index (χ3n) is 19.2. The Morgan fingerprint density at radius 1 is 0.460 bits per heavy atom. The normalized spacial score (nSPS) is 13.2. The van der Waals surface area contributed by atoms with Gasteiger partial charge in [0.1, 0.15) is 0 Å². The fourth-order valence-electron chi connectivity index (χ4n) is 14.7. The third-order valence-corrected chi connectivity index (χ3v) is 19.2. The summed E-state index contributed by atoms with van der Waals surface area (Å²) in [6.07, 6.45) is 2.02. The first-order valence-corrected chi connectivity index (χ1v) is 31.1. The maximum absolute atomic E-state index is 4.68. The molecular formula is C83H80BN3. The number of nitrogens with zero attached hydrogens (tertiary/aromatic N) is 3. The van der Waals surface area contributed by atoms with Gasteiger partial charge in [0.05, 0.1) is 22.4 Å². The summed E-state index contributed by atoms with van der Waals surface area (Å²) in [6, 6.07) is 69.4. The fourth-order valence-corrected chi connectivity index (χ4v) is 14.7. The Morgan fingerprint density at radius 2 is 1.00 bits per heavy atom. The van der Waals surface area contributed by atoms with Gasteiger partial charge in [-0.15, -0.1) is 0 Å². The lowest BCUT2D eigenvalue weighted by molar-refractivity contribution is 0.590. The first-order valence-electron chi connectivity index (χ1n) is 31.1. The fraction of sp³-hybridized carbons (Fsp3) is 0.205. The Morgan fingerprint density at radius 3 is 1.62 bits per heavy atom. The molecule has 0 radical (unpaired) electrons.